The minimum atomic E-state index is 0.600. The lowest BCUT2D eigenvalue weighted by molar-refractivity contribution is -0.111. The van der Waals surface area contributed by atoms with Crippen LogP contribution >= 0.6 is 0 Å². The molecule has 1 heteroatoms. The van der Waals surface area contributed by atoms with Crippen molar-refractivity contribution < 1.29 is 4.74 Å². The van der Waals surface area contributed by atoms with E-state index in [2.05, 4.69) is 34.6 Å². The largest absolute Gasteiger partial charge is 0.369 e. The normalized spacial score (nSPS) is 53.1. The molecule has 0 aromatic heterocycles. The third-order valence-electron chi connectivity index (χ3n) is 11.1. The van der Waals surface area contributed by atoms with Crippen molar-refractivity contribution in [2.75, 3.05) is 0 Å². The number of hydrogen-bond donors (Lipinski definition) is 0. The molecule has 0 aromatic carbocycles. The molecule has 10 atom stereocenters. The monoisotopic (exact) mass is 386 g/mol. The second-order valence-corrected chi connectivity index (χ2v) is 12.8. The first-order valence-corrected chi connectivity index (χ1v) is 13.0. The highest BCUT2D eigenvalue weighted by molar-refractivity contribution is 5.13. The minimum absolute atomic E-state index is 0.600. The Balaban J connectivity index is 1.30. The number of fused-ring (bicyclic) bond motifs is 7. The SMILES string of the molecule is CC(C)CCC[C@@H](C)[C@H]1CC[C@H]2[C@@H]3CC[C@H]4[C@H]5O[C@H]5CC[C@]4(C)[C@H]3CC[C@]12C. The van der Waals surface area contributed by atoms with Gasteiger partial charge in [0.15, 0.2) is 0 Å². The van der Waals surface area contributed by atoms with E-state index in [0.29, 0.717) is 23.0 Å². The summed E-state index contributed by atoms with van der Waals surface area (Å²) in [6.07, 6.45) is 17.6. The maximum absolute atomic E-state index is 6.10. The zero-order chi connectivity index (χ0) is 19.7. The Kier molecular flexibility index (Phi) is 4.97. The Morgan fingerprint density at radius 3 is 2.29 bits per heavy atom. The van der Waals surface area contributed by atoms with Crippen molar-refractivity contribution in [2.24, 2.45) is 52.3 Å². The van der Waals surface area contributed by atoms with E-state index in [1.165, 1.54) is 64.2 Å². The lowest BCUT2D eigenvalue weighted by Crippen LogP contribution is -2.54. The Hall–Kier alpha value is -0.0400. The van der Waals surface area contributed by atoms with E-state index in [1.54, 1.807) is 6.42 Å². The van der Waals surface area contributed by atoms with Crippen LogP contribution in [0.15, 0.2) is 0 Å². The molecule has 160 valence electrons. The van der Waals surface area contributed by atoms with Gasteiger partial charge < -0.3 is 4.74 Å². The summed E-state index contributed by atoms with van der Waals surface area (Å²) < 4.78 is 6.10. The van der Waals surface area contributed by atoms with Crippen molar-refractivity contribution in [1.82, 2.24) is 0 Å². The molecule has 4 aliphatic carbocycles. The predicted octanol–water partition coefficient (Wildman–Crippen LogP) is 7.49. The predicted molar refractivity (Wildman–Crippen MR) is 117 cm³/mol. The molecule has 1 saturated heterocycles. The van der Waals surface area contributed by atoms with Gasteiger partial charge in [-0.15, -0.1) is 0 Å². The molecule has 0 unspecified atom stereocenters. The van der Waals surface area contributed by atoms with Crippen molar-refractivity contribution in [3.8, 4) is 0 Å². The van der Waals surface area contributed by atoms with Crippen LogP contribution in [-0.2, 0) is 4.74 Å². The fourth-order valence-corrected chi connectivity index (χ4v) is 9.62. The number of ether oxygens (including phenoxy) is 1. The summed E-state index contributed by atoms with van der Waals surface area (Å²) in [6.45, 7) is 12.8. The molecule has 0 N–H and O–H groups in total. The molecule has 28 heavy (non-hydrogen) atoms. The maximum atomic E-state index is 6.10. The van der Waals surface area contributed by atoms with E-state index in [-0.39, 0.29) is 0 Å². The van der Waals surface area contributed by atoms with E-state index < -0.39 is 0 Å². The van der Waals surface area contributed by atoms with Crippen LogP contribution in [0.1, 0.15) is 105 Å². The van der Waals surface area contributed by atoms with Crippen molar-refractivity contribution in [1.29, 1.82) is 0 Å². The molecule has 0 radical (unpaired) electrons. The first-order valence-electron chi connectivity index (χ1n) is 13.0. The van der Waals surface area contributed by atoms with Crippen LogP contribution < -0.4 is 0 Å². The summed E-state index contributed by atoms with van der Waals surface area (Å²) in [6, 6.07) is 0. The molecule has 5 aliphatic rings. The fourth-order valence-electron chi connectivity index (χ4n) is 9.62. The lowest BCUT2D eigenvalue weighted by Gasteiger charge is -2.60. The fraction of sp³-hybridized carbons (Fsp3) is 1.00. The summed E-state index contributed by atoms with van der Waals surface area (Å²) >= 11 is 0. The van der Waals surface area contributed by atoms with Gasteiger partial charge in [-0.2, -0.15) is 0 Å². The maximum Gasteiger partial charge on any atom is 0.0875 e. The van der Waals surface area contributed by atoms with Crippen LogP contribution in [0.25, 0.3) is 0 Å². The third kappa shape index (κ3) is 2.96. The lowest BCUT2D eigenvalue weighted by atomic mass is 9.44. The number of epoxide rings is 1. The Bertz CT molecular complexity index is 583. The van der Waals surface area contributed by atoms with Gasteiger partial charge in [0.1, 0.15) is 0 Å². The van der Waals surface area contributed by atoms with Crippen molar-refractivity contribution in [2.45, 2.75) is 117 Å². The van der Waals surface area contributed by atoms with Crippen LogP contribution in [0.2, 0.25) is 0 Å². The Morgan fingerprint density at radius 1 is 0.786 bits per heavy atom. The summed E-state index contributed by atoms with van der Waals surface area (Å²) in [7, 11) is 0. The second kappa shape index (κ2) is 7.00. The van der Waals surface area contributed by atoms with E-state index in [1.807, 2.05) is 0 Å². The highest BCUT2D eigenvalue weighted by atomic mass is 16.6. The van der Waals surface area contributed by atoms with E-state index >= 15 is 0 Å². The van der Waals surface area contributed by atoms with Gasteiger partial charge in [0.2, 0.25) is 0 Å². The summed E-state index contributed by atoms with van der Waals surface area (Å²) in [5.74, 6) is 6.76. The van der Waals surface area contributed by atoms with Crippen LogP contribution in [0.3, 0.4) is 0 Å². The summed E-state index contributed by atoms with van der Waals surface area (Å²) in [5, 5.41) is 0. The van der Waals surface area contributed by atoms with Crippen LogP contribution in [-0.4, -0.2) is 12.2 Å². The zero-order valence-electron chi connectivity index (χ0n) is 19.4. The highest BCUT2D eigenvalue weighted by Crippen LogP contribution is 2.69. The van der Waals surface area contributed by atoms with Gasteiger partial charge in [-0.25, -0.2) is 0 Å². The number of rotatable bonds is 5. The molecule has 1 aliphatic heterocycles. The van der Waals surface area contributed by atoms with Crippen molar-refractivity contribution in [3.63, 3.8) is 0 Å². The minimum Gasteiger partial charge on any atom is -0.369 e. The Labute approximate surface area is 174 Å². The van der Waals surface area contributed by atoms with Crippen LogP contribution in [0.5, 0.6) is 0 Å². The topological polar surface area (TPSA) is 12.5 Å². The van der Waals surface area contributed by atoms with Gasteiger partial charge >= 0.3 is 0 Å². The Morgan fingerprint density at radius 2 is 1.50 bits per heavy atom. The quantitative estimate of drug-likeness (QED) is 0.446. The smallest absolute Gasteiger partial charge is 0.0875 e. The summed E-state index contributed by atoms with van der Waals surface area (Å²) in [4.78, 5) is 0. The average Bonchev–Trinajstić information content (AvgIpc) is 3.34. The van der Waals surface area contributed by atoms with Gasteiger partial charge in [-0.1, -0.05) is 53.9 Å². The van der Waals surface area contributed by atoms with Gasteiger partial charge in [-0.05, 0) is 104 Å². The molecular weight excluding hydrogens is 340 g/mol. The number of hydrogen-bond acceptors (Lipinski definition) is 1. The standard InChI is InChI=1S/C27H46O/c1-17(2)7-6-8-18(3)20-11-12-21-19-9-10-23-25-24(28-25)14-16-27(23,5)22(19)13-15-26(20,21)4/h17-25H,6-16H2,1-5H3/t18-,19+,20-,21+,22+,23+,24+,25-,26-,27-/m1/s1. The van der Waals surface area contributed by atoms with Crippen LogP contribution in [0, 0.1) is 52.3 Å². The van der Waals surface area contributed by atoms with E-state index in [4.69, 9.17) is 4.74 Å². The molecule has 0 amide bonds. The molecule has 4 saturated carbocycles. The molecule has 0 aromatic rings. The van der Waals surface area contributed by atoms with Crippen molar-refractivity contribution >= 4 is 0 Å². The zero-order valence-corrected chi connectivity index (χ0v) is 19.4. The average molecular weight is 387 g/mol. The third-order valence-corrected chi connectivity index (χ3v) is 11.1. The second-order valence-electron chi connectivity index (χ2n) is 12.8. The van der Waals surface area contributed by atoms with E-state index in [9.17, 15) is 0 Å². The molecule has 1 nitrogen and oxygen atoms in total. The molecular formula is C27H46O. The van der Waals surface area contributed by atoms with Gasteiger partial charge in [0, 0.05) is 0 Å². The summed E-state index contributed by atoms with van der Waals surface area (Å²) in [5.41, 5.74) is 1.25. The highest BCUT2D eigenvalue weighted by Gasteiger charge is 2.65. The van der Waals surface area contributed by atoms with Crippen LogP contribution in [0.4, 0.5) is 0 Å². The molecule has 5 fully saturated rings. The van der Waals surface area contributed by atoms with E-state index in [0.717, 1.165) is 41.4 Å². The molecule has 0 spiro atoms. The van der Waals surface area contributed by atoms with Crippen molar-refractivity contribution in [3.05, 3.63) is 0 Å². The molecule has 0 bridgehead atoms. The first-order chi connectivity index (χ1) is 13.3. The van der Waals surface area contributed by atoms with Gasteiger partial charge in [0.25, 0.3) is 0 Å². The molecule has 5 rings (SSSR count). The first kappa shape index (κ1) is 19.9. The van der Waals surface area contributed by atoms with Gasteiger partial charge in [-0.3, -0.25) is 0 Å². The molecule has 1 heterocycles. The van der Waals surface area contributed by atoms with Gasteiger partial charge in [0.05, 0.1) is 12.2 Å².